The Morgan fingerprint density at radius 3 is 2.87 bits per heavy atom. The second-order valence-electron chi connectivity index (χ2n) is 5.08. The van der Waals surface area contributed by atoms with Gasteiger partial charge in [0.2, 0.25) is 0 Å². The third-order valence-corrected chi connectivity index (χ3v) is 3.59. The van der Waals surface area contributed by atoms with Gasteiger partial charge in [-0.15, -0.1) is 0 Å². The number of carbonyl (C=O) groups is 1. The number of fused-ring (bicyclic) bond motifs is 1. The van der Waals surface area contributed by atoms with Gasteiger partial charge in [-0.25, -0.2) is 4.79 Å². The maximum Gasteiger partial charge on any atom is 0.338 e. The number of carbonyl (C=O) groups excluding carboxylic acids is 1. The molecule has 0 radical (unpaired) electrons. The number of rotatable bonds is 3. The lowest BCUT2D eigenvalue weighted by Crippen LogP contribution is -2.05. The third kappa shape index (κ3) is 3.68. The first-order valence-corrected chi connectivity index (χ1v) is 7.55. The van der Waals surface area contributed by atoms with E-state index >= 15 is 0 Å². The molecule has 5 nitrogen and oxygen atoms in total. The van der Waals surface area contributed by atoms with Gasteiger partial charge >= 0.3 is 5.97 Å². The van der Waals surface area contributed by atoms with E-state index in [2.05, 4.69) is 0 Å². The van der Waals surface area contributed by atoms with E-state index in [9.17, 15) is 9.90 Å². The predicted molar refractivity (Wildman–Crippen MR) is 84.3 cm³/mol. The maximum absolute atomic E-state index is 12.0. The number of esters is 1. The molecule has 0 aromatic heterocycles. The van der Waals surface area contributed by atoms with Crippen molar-refractivity contribution in [3.05, 3.63) is 52.5 Å². The standard InChI is InChI=1S/C17H15ClO5/c18-14-7-11(8-15-16(14)22-6-2-5-21-15)10-23-17(20)12-3-1-4-13(19)9-12/h1,3-4,7-9,19H,2,5-6,10H2. The normalized spacial score (nSPS) is 13.3. The minimum atomic E-state index is -0.524. The Balaban J connectivity index is 1.72. The van der Waals surface area contributed by atoms with E-state index in [1.807, 2.05) is 0 Å². The molecular formula is C17H15ClO5. The topological polar surface area (TPSA) is 65.0 Å². The minimum absolute atomic E-state index is 0.0121. The van der Waals surface area contributed by atoms with Crippen LogP contribution < -0.4 is 9.47 Å². The first kappa shape index (κ1) is 15.5. The van der Waals surface area contributed by atoms with Gasteiger partial charge in [0.15, 0.2) is 11.5 Å². The Morgan fingerprint density at radius 2 is 2.04 bits per heavy atom. The summed E-state index contributed by atoms with van der Waals surface area (Å²) < 4.78 is 16.4. The van der Waals surface area contributed by atoms with Crippen LogP contribution in [-0.2, 0) is 11.3 Å². The van der Waals surface area contributed by atoms with Crippen LogP contribution in [0.5, 0.6) is 17.2 Å². The summed E-state index contributed by atoms with van der Waals surface area (Å²) in [6.45, 7) is 1.15. The van der Waals surface area contributed by atoms with Crippen LogP contribution in [0.2, 0.25) is 5.02 Å². The van der Waals surface area contributed by atoms with Crippen LogP contribution in [0, 0.1) is 0 Å². The van der Waals surface area contributed by atoms with Crippen molar-refractivity contribution >= 4 is 17.6 Å². The quantitative estimate of drug-likeness (QED) is 0.869. The average Bonchev–Trinajstić information content (AvgIpc) is 2.78. The van der Waals surface area contributed by atoms with E-state index in [-0.39, 0.29) is 17.9 Å². The van der Waals surface area contributed by atoms with E-state index in [1.165, 1.54) is 12.1 Å². The van der Waals surface area contributed by atoms with Crippen molar-refractivity contribution in [3.63, 3.8) is 0 Å². The molecule has 1 aliphatic heterocycles. The van der Waals surface area contributed by atoms with E-state index in [0.29, 0.717) is 35.3 Å². The second-order valence-corrected chi connectivity index (χ2v) is 5.49. The van der Waals surface area contributed by atoms with Gasteiger partial charge < -0.3 is 19.3 Å². The molecule has 2 aromatic carbocycles. The first-order chi connectivity index (χ1) is 11.1. The highest BCUT2D eigenvalue weighted by Crippen LogP contribution is 2.38. The largest absolute Gasteiger partial charge is 0.508 e. The fourth-order valence-electron chi connectivity index (χ4n) is 2.23. The zero-order chi connectivity index (χ0) is 16.2. The molecular weight excluding hydrogens is 320 g/mol. The Morgan fingerprint density at radius 1 is 1.22 bits per heavy atom. The van der Waals surface area contributed by atoms with Gasteiger partial charge in [-0.2, -0.15) is 0 Å². The number of benzene rings is 2. The number of hydrogen-bond acceptors (Lipinski definition) is 5. The van der Waals surface area contributed by atoms with Gasteiger partial charge in [-0.1, -0.05) is 17.7 Å². The van der Waals surface area contributed by atoms with Gasteiger partial charge in [-0.05, 0) is 35.9 Å². The molecule has 0 aliphatic carbocycles. The van der Waals surface area contributed by atoms with Crippen LogP contribution in [0.15, 0.2) is 36.4 Å². The van der Waals surface area contributed by atoms with Crippen LogP contribution in [0.4, 0.5) is 0 Å². The van der Waals surface area contributed by atoms with Gasteiger partial charge in [-0.3, -0.25) is 0 Å². The number of halogens is 1. The monoisotopic (exact) mass is 334 g/mol. The average molecular weight is 335 g/mol. The van der Waals surface area contributed by atoms with Crippen molar-refractivity contribution in [2.45, 2.75) is 13.0 Å². The highest BCUT2D eigenvalue weighted by molar-refractivity contribution is 6.32. The van der Waals surface area contributed by atoms with Gasteiger partial charge in [0, 0.05) is 6.42 Å². The van der Waals surface area contributed by atoms with Crippen molar-refractivity contribution in [1.29, 1.82) is 0 Å². The third-order valence-electron chi connectivity index (χ3n) is 3.31. The zero-order valence-electron chi connectivity index (χ0n) is 12.3. The second kappa shape index (κ2) is 6.79. The molecule has 3 rings (SSSR count). The van der Waals surface area contributed by atoms with E-state index < -0.39 is 5.97 Å². The molecule has 0 saturated carbocycles. The Labute approximate surface area is 138 Å². The first-order valence-electron chi connectivity index (χ1n) is 7.17. The molecule has 0 unspecified atom stereocenters. The summed E-state index contributed by atoms with van der Waals surface area (Å²) in [5.41, 5.74) is 0.984. The lowest BCUT2D eigenvalue weighted by Gasteiger charge is -2.12. The molecule has 2 aromatic rings. The van der Waals surface area contributed by atoms with Gasteiger partial charge in [0.25, 0.3) is 0 Å². The van der Waals surface area contributed by atoms with Crippen molar-refractivity contribution in [3.8, 4) is 17.2 Å². The Hall–Kier alpha value is -2.40. The number of phenolic OH excluding ortho intramolecular Hbond substituents is 1. The van der Waals surface area contributed by atoms with Crippen LogP contribution in [0.3, 0.4) is 0 Å². The number of aromatic hydroxyl groups is 1. The van der Waals surface area contributed by atoms with E-state index in [4.69, 9.17) is 25.8 Å². The molecule has 0 fully saturated rings. The maximum atomic E-state index is 12.0. The molecule has 0 spiro atoms. The smallest absolute Gasteiger partial charge is 0.338 e. The van der Waals surface area contributed by atoms with Crippen molar-refractivity contribution < 1.29 is 24.1 Å². The summed E-state index contributed by atoms with van der Waals surface area (Å²) in [6.07, 6.45) is 0.785. The Kier molecular flexibility index (Phi) is 4.57. The molecule has 1 heterocycles. The summed E-state index contributed by atoms with van der Waals surface area (Å²) in [7, 11) is 0. The molecule has 0 bridgehead atoms. The minimum Gasteiger partial charge on any atom is -0.508 e. The van der Waals surface area contributed by atoms with Crippen molar-refractivity contribution in [2.24, 2.45) is 0 Å². The summed E-state index contributed by atoms with van der Waals surface area (Å²) in [5.74, 6) is 0.563. The summed E-state index contributed by atoms with van der Waals surface area (Å²) in [5, 5.41) is 9.81. The number of hydrogen-bond donors (Lipinski definition) is 1. The molecule has 23 heavy (non-hydrogen) atoms. The lowest BCUT2D eigenvalue weighted by atomic mass is 10.2. The van der Waals surface area contributed by atoms with Crippen LogP contribution in [0.1, 0.15) is 22.3 Å². The molecule has 1 N–H and O–H groups in total. The molecule has 120 valence electrons. The zero-order valence-corrected chi connectivity index (χ0v) is 13.0. The van der Waals surface area contributed by atoms with Gasteiger partial charge in [0.05, 0.1) is 23.8 Å². The highest BCUT2D eigenvalue weighted by atomic mass is 35.5. The fraction of sp³-hybridized carbons (Fsp3) is 0.235. The van der Waals surface area contributed by atoms with Crippen LogP contribution in [0.25, 0.3) is 0 Å². The molecule has 0 saturated heterocycles. The van der Waals surface area contributed by atoms with Crippen molar-refractivity contribution in [1.82, 2.24) is 0 Å². The number of phenols is 1. The van der Waals surface area contributed by atoms with Crippen molar-refractivity contribution in [2.75, 3.05) is 13.2 Å². The van der Waals surface area contributed by atoms with Crippen LogP contribution in [-0.4, -0.2) is 24.3 Å². The fourth-order valence-corrected chi connectivity index (χ4v) is 2.52. The molecule has 6 heteroatoms. The summed E-state index contributed by atoms with van der Waals surface area (Å²) in [6, 6.07) is 9.43. The highest BCUT2D eigenvalue weighted by Gasteiger charge is 2.16. The van der Waals surface area contributed by atoms with Crippen LogP contribution >= 0.6 is 11.6 Å². The predicted octanol–water partition coefficient (Wildman–Crippen LogP) is 3.56. The molecule has 0 amide bonds. The summed E-state index contributed by atoms with van der Waals surface area (Å²) in [4.78, 5) is 12.0. The Bertz CT molecular complexity index is 729. The molecule has 0 atom stereocenters. The SMILES string of the molecule is O=C(OCc1cc(Cl)c2c(c1)OCCCO2)c1cccc(O)c1. The van der Waals surface area contributed by atoms with E-state index in [1.54, 1.807) is 24.3 Å². The number of ether oxygens (including phenoxy) is 3. The van der Waals surface area contributed by atoms with E-state index in [0.717, 1.165) is 6.42 Å². The lowest BCUT2D eigenvalue weighted by molar-refractivity contribution is 0.0472. The van der Waals surface area contributed by atoms with Gasteiger partial charge in [0.1, 0.15) is 12.4 Å². The summed E-state index contributed by atoms with van der Waals surface area (Å²) >= 11 is 6.19. The molecule has 1 aliphatic rings.